The Labute approximate surface area is 87.4 Å². The quantitative estimate of drug-likeness (QED) is 0.428. The molecule has 1 amide bonds. The Morgan fingerprint density at radius 2 is 2.07 bits per heavy atom. The normalized spacial score (nSPS) is 10.3. The van der Waals surface area contributed by atoms with Gasteiger partial charge in [0.15, 0.2) is 0 Å². The van der Waals surface area contributed by atoms with Crippen molar-refractivity contribution in [2.24, 2.45) is 5.10 Å². The molecule has 0 radical (unpaired) electrons. The molecule has 15 heavy (non-hydrogen) atoms. The Balaban J connectivity index is 2.63. The zero-order valence-electron chi connectivity index (χ0n) is 8.19. The molecular weight excluding hydrogens is 192 g/mol. The molecule has 0 saturated heterocycles. The minimum atomic E-state index is -0.329. The van der Waals surface area contributed by atoms with Crippen LogP contribution in [0.3, 0.4) is 0 Å². The number of anilines is 1. The van der Waals surface area contributed by atoms with Crippen LogP contribution in [0.15, 0.2) is 35.4 Å². The van der Waals surface area contributed by atoms with Gasteiger partial charge < -0.3 is 5.32 Å². The molecule has 76 valence electrons. The number of benzene rings is 1. The SMILES string of the molecule is CC(=O)N/C(C#N)=N/Nc1ccccc1. The Morgan fingerprint density at radius 3 is 2.60 bits per heavy atom. The van der Waals surface area contributed by atoms with Crippen molar-refractivity contribution >= 4 is 17.4 Å². The maximum Gasteiger partial charge on any atom is 0.231 e. The summed E-state index contributed by atoms with van der Waals surface area (Å²) in [5.74, 6) is -0.392. The van der Waals surface area contributed by atoms with E-state index < -0.39 is 0 Å². The summed E-state index contributed by atoms with van der Waals surface area (Å²) in [7, 11) is 0. The summed E-state index contributed by atoms with van der Waals surface area (Å²) in [6, 6.07) is 10.9. The van der Waals surface area contributed by atoms with E-state index in [1.807, 2.05) is 18.2 Å². The Morgan fingerprint density at radius 1 is 1.40 bits per heavy atom. The smallest absolute Gasteiger partial charge is 0.231 e. The van der Waals surface area contributed by atoms with Crippen LogP contribution in [0.1, 0.15) is 6.92 Å². The standard InChI is InChI=1S/C10H10N4O/c1-8(15)12-10(7-11)14-13-9-5-3-2-4-6-9/h2-6,13H,1H3,(H,12,14,15). The largest absolute Gasteiger partial charge is 0.301 e. The number of carbonyl (C=O) groups is 1. The first-order valence-corrected chi connectivity index (χ1v) is 4.29. The van der Waals surface area contributed by atoms with E-state index in [1.54, 1.807) is 18.2 Å². The lowest BCUT2D eigenvalue weighted by atomic mass is 10.3. The van der Waals surface area contributed by atoms with Crippen LogP contribution in [0.25, 0.3) is 0 Å². The highest BCUT2D eigenvalue weighted by Crippen LogP contribution is 2.03. The molecule has 0 aliphatic carbocycles. The number of rotatable bonds is 2. The van der Waals surface area contributed by atoms with Crippen LogP contribution in [-0.2, 0) is 4.79 Å². The van der Waals surface area contributed by atoms with Crippen molar-refractivity contribution in [2.45, 2.75) is 6.92 Å². The van der Waals surface area contributed by atoms with Gasteiger partial charge in [0.05, 0.1) is 5.69 Å². The van der Waals surface area contributed by atoms with Gasteiger partial charge in [0.2, 0.25) is 11.7 Å². The maximum atomic E-state index is 10.7. The maximum absolute atomic E-state index is 10.7. The van der Waals surface area contributed by atoms with Crippen LogP contribution in [-0.4, -0.2) is 11.7 Å². The number of amides is 1. The Kier molecular flexibility index (Phi) is 3.86. The highest BCUT2D eigenvalue weighted by Gasteiger charge is 1.98. The molecule has 0 spiro atoms. The minimum Gasteiger partial charge on any atom is -0.301 e. The molecular formula is C10H10N4O. The Bertz CT molecular complexity index is 405. The van der Waals surface area contributed by atoms with Crippen LogP contribution < -0.4 is 10.7 Å². The van der Waals surface area contributed by atoms with E-state index in [2.05, 4.69) is 15.8 Å². The molecule has 0 aromatic heterocycles. The molecule has 0 saturated carbocycles. The van der Waals surface area contributed by atoms with Crippen LogP contribution >= 0.6 is 0 Å². The molecule has 5 heteroatoms. The summed E-state index contributed by atoms with van der Waals surface area (Å²) in [6.07, 6.45) is 0. The fourth-order valence-corrected chi connectivity index (χ4v) is 0.881. The summed E-state index contributed by atoms with van der Waals surface area (Å²) in [5, 5.41) is 14.6. The summed E-state index contributed by atoms with van der Waals surface area (Å²) >= 11 is 0. The van der Waals surface area contributed by atoms with Crippen LogP contribution in [0.2, 0.25) is 0 Å². The first-order valence-electron chi connectivity index (χ1n) is 4.29. The summed E-state index contributed by atoms with van der Waals surface area (Å²) in [4.78, 5) is 10.7. The molecule has 1 aromatic carbocycles. The fraction of sp³-hybridized carbons (Fsp3) is 0.100. The van der Waals surface area contributed by atoms with Gasteiger partial charge in [-0.05, 0) is 12.1 Å². The van der Waals surface area contributed by atoms with Gasteiger partial charge in [0.25, 0.3) is 0 Å². The summed E-state index contributed by atoms with van der Waals surface area (Å²) < 4.78 is 0. The van der Waals surface area contributed by atoms with E-state index >= 15 is 0 Å². The number of nitrogens with zero attached hydrogens (tertiary/aromatic N) is 2. The molecule has 2 N–H and O–H groups in total. The summed E-state index contributed by atoms with van der Waals surface area (Å²) in [6.45, 7) is 1.31. The number of carbonyl (C=O) groups excluding carboxylic acids is 1. The van der Waals surface area contributed by atoms with Crippen molar-refractivity contribution in [3.05, 3.63) is 30.3 Å². The molecule has 0 atom stereocenters. The van der Waals surface area contributed by atoms with Gasteiger partial charge in [-0.3, -0.25) is 10.2 Å². The van der Waals surface area contributed by atoms with Crippen LogP contribution in [0, 0.1) is 11.3 Å². The predicted octanol–water partition coefficient (Wildman–Crippen LogP) is 1.07. The number of para-hydroxylation sites is 1. The monoisotopic (exact) mass is 202 g/mol. The van der Waals surface area contributed by atoms with Crippen molar-refractivity contribution in [1.82, 2.24) is 5.32 Å². The average molecular weight is 202 g/mol. The molecule has 1 rings (SSSR count). The van der Waals surface area contributed by atoms with E-state index in [0.717, 1.165) is 5.69 Å². The number of amidine groups is 1. The van der Waals surface area contributed by atoms with E-state index in [1.165, 1.54) is 6.92 Å². The van der Waals surface area contributed by atoms with Gasteiger partial charge in [-0.2, -0.15) is 5.26 Å². The number of hydrogen-bond acceptors (Lipinski definition) is 4. The summed E-state index contributed by atoms with van der Waals surface area (Å²) in [5.41, 5.74) is 3.40. The van der Waals surface area contributed by atoms with Crippen LogP contribution in [0.4, 0.5) is 5.69 Å². The van der Waals surface area contributed by atoms with Crippen molar-refractivity contribution < 1.29 is 4.79 Å². The molecule has 0 unspecified atom stereocenters. The first-order chi connectivity index (χ1) is 7.22. The molecule has 0 aliphatic rings. The van der Waals surface area contributed by atoms with Crippen molar-refractivity contribution in [1.29, 1.82) is 5.26 Å². The van der Waals surface area contributed by atoms with Crippen LogP contribution in [0.5, 0.6) is 0 Å². The molecule has 0 fully saturated rings. The van der Waals surface area contributed by atoms with E-state index in [4.69, 9.17) is 5.26 Å². The lowest BCUT2D eigenvalue weighted by Crippen LogP contribution is -2.27. The second-order valence-corrected chi connectivity index (χ2v) is 2.73. The van der Waals surface area contributed by atoms with Gasteiger partial charge >= 0.3 is 0 Å². The van der Waals surface area contributed by atoms with Gasteiger partial charge in [-0.15, -0.1) is 5.10 Å². The molecule has 1 aromatic rings. The van der Waals surface area contributed by atoms with Gasteiger partial charge in [-0.25, -0.2) is 0 Å². The highest BCUT2D eigenvalue weighted by molar-refractivity contribution is 6.06. The topological polar surface area (TPSA) is 77.3 Å². The molecule has 0 aliphatic heterocycles. The number of nitrogens with one attached hydrogen (secondary N) is 2. The van der Waals surface area contributed by atoms with Crippen molar-refractivity contribution in [3.63, 3.8) is 0 Å². The van der Waals surface area contributed by atoms with Crippen molar-refractivity contribution in [2.75, 3.05) is 5.43 Å². The molecule has 0 heterocycles. The molecule has 5 nitrogen and oxygen atoms in total. The third kappa shape index (κ3) is 3.91. The second-order valence-electron chi connectivity index (χ2n) is 2.73. The second kappa shape index (κ2) is 5.40. The van der Waals surface area contributed by atoms with Gasteiger partial charge in [0.1, 0.15) is 6.07 Å². The highest BCUT2D eigenvalue weighted by atomic mass is 16.1. The van der Waals surface area contributed by atoms with E-state index in [-0.39, 0.29) is 11.7 Å². The average Bonchev–Trinajstić information content (AvgIpc) is 2.25. The predicted molar refractivity (Wildman–Crippen MR) is 56.9 cm³/mol. The van der Waals surface area contributed by atoms with E-state index in [0.29, 0.717) is 0 Å². The lowest BCUT2D eigenvalue weighted by Gasteiger charge is -2.00. The fourth-order valence-electron chi connectivity index (χ4n) is 0.881. The number of hydrazone groups is 1. The Hall–Kier alpha value is -2.35. The lowest BCUT2D eigenvalue weighted by molar-refractivity contribution is -0.117. The third-order valence-corrected chi connectivity index (χ3v) is 1.47. The number of nitriles is 1. The number of hydrogen-bond donors (Lipinski definition) is 2. The zero-order valence-corrected chi connectivity index (χ0v) is 8.19. The third-order valence-electron chi connectivity index (χ3n) is 1.47. The van der Waals surface area contributed by atoms with Crippen molar-refractivity contribution in [3.8, 4) is 6.07 Å². The van der Waals surface area contributed by atoms with E-state index in [9.17, 15) is 4.79 Å². The van der Waals surface area contributed by atoms with Gasteiger partial charge in [-0.1, -0.05) is 18.2 Å². The first kappa shape index (κ1) is 10.7. The zero-order chi connectivity index (χ0) is 11.1. The minimum absolute atomic E-state index is 0.0636. The molecule has 0 bridgehead atoms. The van der Waals surface area contributed by atoms with Gasteiger partial charge in [0, 0.05) is 6.92 Å².